The van der Waals surface area contributed by atoms with E-state index >= 15 is 0 Å². The van der Waals surface area contributed by atoms with Gasteiger partial charge in [-0.3, -0.25) is 0 Å². The molecule has 0 aliphatic heterocycles. The Kier molecular flexibility index (Phi) is 7.63. The minimum absolute atomic E-state index is 1.11. The van der Waals surface area contributed by atoms with E-state index in [9.17, 15) is 0 Å². The summed E-state index contributed by atoms with van der Waals surface area (Å²) in [6.45, 7) is 0. The monoisotopic (exact) mass is 599 g/mol. The molecule has 0 heterocycles. The standard InChI is InChI=1S/C46H33N/c1-3-12-34(13-4-1)37-26-28-44(29-27-37)47(46-23-11-21-42(33-46)43-25-24-36-16-7-8-17-38(36)31-43)45-22-10-20-41(32-45)40-19-9-18-39(30-40)35-14-5-2-6-15-35/h1-33H. The van der Waals surface area contributed by atoms with E-state index in [1.54, 1.807) is 0 Å². The van der Waals surface area contributed by atoms with E-state index in [1.807, 2.05) is 0 Å². The number of nitrogens with zero attached hydrogens (tertiary/aromatic N) is 1. The minimum Gasteiger partial charge on any atom is -0.310 e. The number of hydrogen-bond donors (Lipinski definition) is 0. The number of anilines is 3. The molecule has 8 aromatic carbocycles. The predicted octanol–water partition coefficient (Wildman–Crippen LogP) is 13.0. The molecule has 222 valence electrons. The van der Waals surface area contributed by atoms with Crippen molar-refractivity contribution < 1.29 is 0 Å². The molecule has 0 bridgehead atoms. The Morgan fingerprint density at radius 2 is 0.617 bits per heavy atom. The van der Waals surface area contributed by atoms with Crippen molar-refractivity contribution in [3.63, 3.8) is 0 Å². The van der Waals surface area contributed by atoms with Gasteiger partial charge in [-0.2, -0.15) is 0 Å². The summed E-state index contributed by atoms with van der Waals surface area (Å²) in [5.41, 5.74) is 12.9. The van der Waals surface area contributed by atoms with Gasteiger partial charge in [0.15, 0.2) is 0 Å². The van der Waals surface area contributed by atoms with Crippen LogP contribution in [-0.2, 0) is 0 Å². The molecule has 1 heteroatoms. The number of rotatable bonds is 7. The molecule has 0 aliphatic carbocycles. The summed E-state index contributed by atoms with van der Waals surface area (Å²) < 4.78 is 0. The van der Waals surface area contributed by atoms with E-state index in [2.05, 4.69) is 205 Å². The fraction of sp³-hybridized carbons (Fsp3) is 0. The zero-order valence-electron chi connectivity index (χ0n) is 26.0. The Hall–Kier alpha value is -6.18. The molecule has 0 amide bonds. The summed E-state index contributed by atoms with van der Waals surface area (Å²) in [7, 11) is 0. The summed E-state index contributed by atoms with van der Waals surface area (Å²) in [6, 6.07) is 71.9. The lowest BCUT2D eigenvalue weighted by Crippen LogP contribution is -2.10. The van der Waals surface area contributed by atoms with Crippen LogP contribution in [0.25, 0.3) is 55.3 Å². The van der Waals surface area contributed by atoms with Gasteiger partial charge in [0.25, 0.3) is 0 Å². The second-order valence-corrected chi connectivity index (χ2v) is 11.9. The van der Waals surface area contributed by atoms with Gasteiger partial charge in [0.05, 0.1) is 0 Å². The Morgan fingerprint density at radius 3 is 1.23 bits per heavy atom. The molecule has 0 saturated heterocycles. The van der Waals surface area contributed by atoms with Crippen LogP contribution < -0.4 is 4.90 Å². The number of fused-ring (bicyclic) bond motifs is 1. The lowest BCUT2D eigenvalue weighted by atomic mass is 9.98. The topological polar surface area (TPSA) is 3.24 Å². The van der Waals surface area contributed by atoms with Crippen molar-refractivity contribution in [1.82, 2.24) is 0 Å². The van der Waals surface area contributed by atoms with Gasteiger partial charge >= 0.3 is 0 Å². The molecule has 0 N–H and O–H groups in total. The van der Waals surface area contributed by atoms with E-state index in [4.69, 9.17) is 0 Å². The lowest BCUT2D eigenvalue weighted by Gasteiger charge is -2.27. The van der Waals surface area contributed by atoms with Gasteiger partial charge in [-0.1, -0.05) is 152 Å². The van der Waals surface area contributed by atoms with E-state index < -0.39 is 0 Å². The van der Waals surface area contributed by atoms with Gasteiger partial charge in [0, 0.05) is 17.1 Å². The van der Waals surface area contributed by atoms with Crippen LogP contribution >= 0.6 is 0 Å². The van der Waals surface area contributed by atoms with Gasteiger partial charge in [-0.05, 0) is 104 Å². The third-order valence-corrected chi connectivity index (χ3v) is 8.83. The molecule has 0 radical (unpaired) electrons. The van der Waals surface area contributed by atoms with Crippen molar-refractivity contribution in [3.05, 3.63) is 200 Å². The fourth-order valence-corrected chi connectivity index (χ4v) is 6.41. The Labute approximate surface area is 276 Å². The van der Waals surface area contributed by atoms with Gasteiger partial charge in [0.2, 0.25) is 0 Å². The van der Waals surface area contributed by atoms with Crippen LogP contribution in [0.2, 0.25) is 0 Å². The van der Waals surface area contributed by atoms with Crippen molar-refractivity contribution in [3.8, 4) is 44.5 Å². The van der Waals surface area contributed by atoms with Crippen molar-refractivity contribution in [2.24, 2.45) is 0 Å². The highest BCUT2D eigenvalue weighted by Gasteiger charge is 2.15. The second kappa shape index (κ2) is 12.7. The molecule has 0 saturated carbocycles. The normalized spacial score (nSPS) is 11.0. The molecule has 0 aliphatic rings. The Morgan fingerprint density at radius 1 is 0.213 bits per heavy atom. The molecule has 8 aromatic rings. The van der Waals surface area contributed by atoms with E-state index in [0.717, 1.165) is 17.1 Å². The fourth-order valence-electron chi connectivity index (χ4n) is 6.41. The first-order chi connectivity index (χ1) is 23.3. The van der Waals surface area contributed by atoms with Crippen LogP contribution in [-0.4, -0.2) is 0 Å². The smallest absolute Gasteiger partial charge is 0.0467 e. The van der Waals surface area contributed by atoms with Crippen molar-refractivity contribution in [2.45, 2.75) is 0 Å². The van der Waals surface area contributed by atoms with E-state index in [-0.39, 0.29) is 0 Å². The van der Waals surface area contributed by atoms with Crippen molar-refractivity contribution in [2.75, 3.05) is 4.90 Å². The minimum atomic E-state index is 1.11. The maximum absolute atomic E-state index is 2.36. The lowest BCUT2D eigenvalue weighted by molar-refractivity contribution is 1.28. The summed E-state index contributed by atoms with van der Waals surface area (Å²) in [5.74, 6) is 0. The van der Waals surface area contributed by atoms with Crippen molar-refractivity contribution in [1.29, 1.82) is 0 Å². The summed E-state index contributed by atoms with van der Waals surface area (Å²) in [5, 5.41) is 2.50. The van der Waals surface area contributed by atoms with E-state index in [1.165, 1.54) is 55.3 Å². The summed E-state index contributed by atoms with van der Waals surface area (Å²) in [4.78, 5) is 2.36. The van der Waals surface area contributed by atoms with Gasteiger partial charge in [0.1, 0.15) is 0 Å². The highest BCUT2D eigenvalue weighted by Crippen LogP contribution is 2.39. The number of benzene rings is 8. The van der Waals surface area contributed by atoms with Gasteiger partial charge in [-0.15, -0.1) is 0 Å². The van der Waals surface area contributed by atoms with Gasteiger partial charge in [-0.25, -0.2) is 0 Å². The largest absolute Gasteiger partial charge is 0.310 e. The Balaban J connectivity index is 1.23. The first-order valence-electron chi connectivity index (χ1n) is 16.1. The predicted molar refractivity (Wildman–Crippen MR) is 200 cm³/mol. The second-order valence-electron chi connectivity index (χ2n) is 11.9. The zero-order valence-corrected chi connectivity index (χ0v) is 26.0. The summed E-state index contributed by atoms with van der Waals surface area (Å²) >= 11 is 0. The molecule has 0 atom stereocenters. The molecular formula is C46H33N. The third-order valence-electron chi connectivity index (χ3n) is 8.83. The molecule has 47 heavy (non-hydrogen) atoms. The van der Waals surface area contributed by atoms with Crippen LogP contribution in [0.1, 0.15) is 0 Å². The van der Waals surface area contributed by atoms with E-state index in [0.29, 0.717) is 0 Å². The zero-order chi connectivity index (χ0) is 31.4. The Bertz CT molecular complexity index is 2290. The molecule has 0 spiro atoms. The van der Waals surface area contributed by atoms with Crippen LogP contribution in [0.4, 0.5) is 17.1 Å². The van der Waals surface area contributed by atoms with Crippen molar-refractivity contribution >= 4 is 27.8 Å². The maximum atomic E-state index is 2.36. The van der Waals surface area contributed by atoms with Crippen LogP contribution in [0.5, 0.6) is 0 Å². The molecule has 8 rings (SSSR count). The van der Waals surface area contributed by atoms with Gasteiger partial charge < -0.3 is 4.90 Å². The molecule has 0 fully saturated rings. The quantitative estimate of drug-likeness (QED) is 0.176. The van der Waals surface area contributed by atoms with Crippen LogP contribution in [0.3, 0.4) is 0 Å². The average Bonchev–Trinajstić information content (AvgIpc) is 3.16. The third kappa shape index (κ3) is 5.95. The molecule has 1 nitrogen and oxygen atoms in total. The summed E-state index contributed by atoms with van der Waals surface area (Å²) in [6.07, 6.45) is 0. The highest BCUT2D eigenvalue weighted by atomic mass is 15.1. The molecular weight excluding hydrogens is 567 g/mol. The SMILES string of the molecule is c1ccc(-c2ccc(N(c3cccc(-c4cccc(-c5ccccc5)c4)c3)c3cccc(-c4ccc5ccccc5c4)c3)cc2)cc1. The first kappa shape index (κ1) is 28.3. The number of hydrogen-bond acceptors (Lipinski definition) is 1. The average molecular weight is 600 g/mol. The highest BCUT2D eigenvalue weighted by molar-refractivity contribution is 5.89. The van der Waals surface area contributed by atoms with Crippen LogP contribution in [0, 0.1) is 0 Å². The molecule has 0 unspecified atom stereocenters. The van der Waals surface area contributed by atoms with Crippen LogP contribution in [0.15, 0.2) is 200 Å². The first-order valence-corrected chi connectivity index (χ1v) is 16.1. The molecule has 0 aromatic heterocycles. The maximum Gasteiger partial charge on any atom is 0.0467 e.